The quantitative estimate of drug-likeness (QED) is 0.751. The second-order valence-electron chi connectivity index (χ2n) is 5.06. The molecule has 3 heteroatoms. The Morgan fingerprint density at radius 1 is 1.20 bits per heavy atom. The highest BCUT2D eigenvalue weighted by Gasteiger charge is 2.32. The standard InChI is InChI=1S/C12H22ClNO/c13-10-12(5-1-2-6-12)14-9-11-3-7-15-8-4-11/h11,14H,1-10H2. The third-order valence-electron chi connectivity index (χ3n) is 3.92. The number of rotatable bonds is 4. The molecule has 0 bridgehead atoms. The van der Waals surface area contributed by atoms with Gasteiger partial charge in [-0.2, -0.15) is 0 Å². The van der Waals surface area contributed by atoms with Crippen LogP contribution in [0.5, 0.6) is 0 Å². The van der Waals surface area contributed by atoms with Gasteiger partial charge in [0.25, 0.3) is 0 Å². The molecule has 0 radical (unpaired) electrons. The molecule has 2 rings (SSSR count). The van der Waals surface area contributed by atoms with E-state index < -0.39 is 0 Å². The zero-order valence-electron chi connectivity index (χ0n) is 9.43. The fourth-order valence-electron chi connectivity index (χ4n) is 2.72. The van der Waals surface area contributed by atoms with Crippen molar-refractivity contribution in [2.45, 2.75) is 44.1 Å². The van der Waals surface area contributed by atoms with Gasteiger partial charge in [0, 0.05) is 24.6 Å². The normalized spacial score (nSPS) is 27.0. The number of halogens is 1. The molecule has 2 fully saturated rings. The van der Waals surface area contributed by atoms with Crippen LogP contribution >= 0.6 is 11.6 Å². The molecule has 0 spiro atoms. The fraction of sp³-hybridized carbons (Fsp3) is 1.00. The molecule has 0 aromatic heterocycles. The molecule has 1 N–H and O–H groups in total. The molecule has 0 aromatic carbocycles. The van der Waals surface area contributed by atoms with Crippen LogP contribution in [-0.2, 0) is 4.74 Å². The van der Waals surface area contributed by atoms with Crippen LogP contribution in [0.1, 0.15) is 38.5 Å². The first-order valence-electron chi connectivity index (χ1n) is 6.23. The van der Waals surface area contributed by atoms with Crippen molar-refractivity contribution in [2.24, 2.45) is 5.92 Å². The van der Waals surface area contributed by atoms with E-state index >= 15 is 0 Å². The van der Waals surface area contributed by atoms with E-state index in [4.69, 9.17) is 16.3 Å². The third kappa shape index (κ3) is 3.08. The Hall–Kier alpha value is 0.210. The van der Waals surface area contributed by atoms with Gasteiger partial charge in [-0.15, -0.1) is 11.6 Å². The van der Waals surface area contributed by atoms with Crippen molar-refractivity contribution in [1.82, 2.24) is 5.32 Å². The molecule has 0 aromatic rings. The van der Waals surface area contributed by atoms with Crippen LogP contribution in [0.3, 0.4) is 0 Å². The number of ether oxygens (including phenoxy) is 1. The second kappa shape index (κ2) is 5.51. The van der Waals surface area contributed by atoms with Crippen molar-refractivity contribution in [2.75, 3.05) is 25.6 Å². The summed E-state index contributed by atoms with van der Waals surface area (Å²) in [7, 11) is 0. The number of nitrogens with one attached hydrogen (secondary N) is 1. The number of alkyl halides is 1. The summed E-state index contributed by atoms with van der Waals surface area (Å²) in [4.78, 5) is 0. The van der Waals surface area contributed by atoms with Crippen LogP contribution in [0, 0.1) is 5.92 Å². The molecule has 15 heavy (non-hydrogen) atoms. The Morgan fingerprint density at radius 3 is 2.47 bits per heavy atom. The van der Waals surface area contributed by atoms with Gasteiger partial charge in [0.05, 0.1) is 0 Å². The van der Waals surface area contributed by atoms with E-state index in [0.717, 1.165) is 31.6 Å². The summed E-state index contributed by atoms with van der Waals surface area (Å²) in [5.41, 5.74) is 0.264. The minimum atomic E-state index is 0.264. The lowest BCUT2D eigenvalue weighted by Crippen LogP contribution is -2.47. The highest BCUT2D eigenvalue weighted by Crippen LogP contribution is 2.31. The van der Waals surface area contributed by atoms with Gasteiger partial charge >= 0.3 is 0 Å². The van der Waals surface area contributed by atoms with Gasteiger partial charge in [-0.1, -0.05) is 12.8 Å². The molecule has 2 aliphatic rings. The highest BCUT2D eigenvalue weighted by molar-refractivity contribution is 6.18. The Bertz CT molecular complexity index is 186. The van der Waals surface area contributed by atoms with Crippen LogP contribution in [0.25, 0.3) is 0 Å². The molecule has 1 heterocycles. The first kappa shape index (κ1) is 11.7. The predicted octanol–water partition coefficient (Wildman–Crippen LogP) is 2.55. The minimum absolute atomic E-state index is 0.264. The van der Waals surface area contributed by atoms with Crippen molar-refractivity contribution in [3.05, 3.63) is 0 Å². The van der Waals surface area contributed by atoms with Crippen molar-refractivity contribution in [3.8, 4) is 0 Å². The molecule has 88 valence electrons. The van der Waals surface area contributed by atoms with Crippen LogP contribution < -0.4 is 5.32 Å². The topological polar surface area (TPSA) is 21.3 Å². The third-order valence-corrected chi connectivity index (χ3v) is 4.43. The monoisotopic (exact) mass is 231 g/mol. The van der Waals surface area contributed by atoms with Gasteiger partial charge in [0.15, 0.2) is 0 Å². The van der Waals surface area contributed by atoms with E-state index in [1.807, 2.05) is 0 Å². The van der Waals surface area contributed by atoms with Crippen LogP contribution in [0.4, 0.5) is 0 Å². The van der Waals surface area contributed by atoms with E-state index in [1.54, 1.807) is 0 Å². The largest absolute Gasteiger partial charge is 0.381 e. The lowest BCUT2D eigenvalue weighted by atomic mass is 9.96. The predicted molar refractivity (Wildman–Crippen MR) is 63.5 cm³/mol. The molecule has 0 amide bonds. The molecule has 1 saturated heterocycles. The van der Waals surface area contributed by atoms with Crippen molar-refractivity contribution >= 4 is 11.6 Å². The molecular formula is C12H22ClNO. The van der Waals surface area contributed by atoms with Gasteiger partial charge < -0.3 is 10.1 Å². The summed E-state index contributed by atoms with van der Waals surface area (Å²) in [6.07, 6.45) is 7.64. The average Bonchev–Trinajstić information content (AvgIpc) is 2.77. The van der Waals surface area contributed by atoms with Crippen LogP contribution in [-0.4, -0.2) is 31.2 Å². The zero-order chi connectivity index (χ0) is 10.6. The second-order valence-corrected chi connectivity index (χ2v) is 5.32. The maximum atomic E-state index is 6.10. The van der Waals surface area contributed by atoms with Crippen molar-refractivity contribution < 1.29 is 4.74 Å². The van der Waals surface area contributed by atoms with E-state index in [0.29, 0.717) is 0 Å². The Morgan fingerprint density at radius 2 is 1.87 bits per heavy atom. The summed E-state index contributed by atoms with van der Waals surface area (Å²) in [5, 5.41) is 3.73. The maximum Gasteiger partial charge on any atom is 0.0469 e. The SMILES string of the molecule is ClCC1(NCC2CCOCC2)CCCC1. The fourth-order valence-corrected chi connectivity index (χ4v) is 3.08. The molecule has 1 saturated carbocycles. The summed E-state index contributed by atoms with van der Waals surface area (Å²) >= 11 is 6.10. The number of hydrogen-bond acceptors (Lipinski definition) is 2. The lowest BCUT2D eigenvalue weighted by molar-refractivity contribution is 0.0639. The van der Waals surface area contributed by atoms with Crippen molar-refractivity contribution in [1.29, 1.82) is 0 Å². The van der Waals surface area contributed by atoms with E-state index in [2.05, 4.69) is 5.32 Å². The molecule has 0 unspecified atom stereocenters. The maximum absolute atomic E-state index is 6.10. The van der Waals surface area contributed by atoms with Crippen molar-refractivity contribution in [3.63, 3.8) is 0 Å². The summed E-state index contributed by atoms with van der Waals surface area (Å²) < 4.78 is 5.37. The number of hydrogen-bond donors (Lipinski definition) is 1. The van der Waals surface area contributed by atoms with E-state index in [9.17, 15) is 0 Å². The molecule has 1 aliphatic heterocycles. The Kier molecular flexibility index (Phi) is 4.30. The van der Waals surface area contributed by atoms with Crippen LogP contribution in [0.2, 0.25) is 0 Å². The van der Waals surface area contributed by atoms with E-state index in [-0.39, 0.29) is 5.54 Å². The van der Waals surface area contributed by atoms with Gasteiger partial charge in [0.2, 0.25) is 0 Å². The van der Waals surface area contributed by atoms with Gasteiger partial charge in [-0.05, 0) is 38.1 Å². The lowest BCUT2D eigenvalue weighted by Gasteiger charge is -2.31. The Balaban J connectivity index is 1.75. The first-order valence-corrected chi connectivity index (χ1v) is 6.77. The minimum Gasteiger partial charge on any atom is -0.381 e. The highest BCUT2D eigenvalue weighted by atomic mass is 35.5. The van der Waals surface area contributed by atoms with Crippen LogP contribution in [0.15, 0.2) is 0 Å². The summed E-state index contributed by atoms with van der Waals surface area (Å²) in [6, 6.07) is 0. The smallest absolute Gasteiger partial charge is 0.0469 e. The van der Waals surface area contributed by atoms with Gasteiger partial charge in [-0.3, -0.25) is 0 Å². The summed E-state index contributed by atoms with van der Waals surface area (Å²) in [5.74, 6) is 1.58. The summed E-state index contributed by atoms with van der Waals surface area (Å²) in [6.45, 7) is 3.02. The molecule has 1 aliphatic carbocycles. The van der Waals surface area contributed by atoms with E-state index in [1.165, 1.54) is 38.5 Å². The molecular weight excluding hydrogens is 210 g/mol. The molecule has 2 nitrogen and oxygen atoms in total. The zero-order valence-corrected chi connectivity index (χ0v) is 10.2. The average molecular weight is 232 g/mol. The van der Waals surface area contributed by atoms with Gasteiger partial charge in [-0.25, -0.2) is 0 Å². The van der Waals surface area contributed by atoms with Gasteiger partial charge in [0.1, 0.15) is 0 Å². The first-order chi connectivity index (χ1) is 7.35. The molecule has 0 atom stereocenters. The Labute approximate surface area is 97.7 Å².